The first-order valence-corrected chi connectivity index (χ1v) is 3.39. The van der Waals surface area contributed by atoms with Crippen LogP contribution >= 0.6 is 11.8 Å². The molecule has 0 aromatic carbocycles. The van der Waals surface area contributed by atoms with Crippen LogP contribution in [0.15, 0.2) is 0 Å². The van der Waals surface area contributed by atoms with Crippen molar-refractivity contribution < 1.29 is 0 Å². The Kier molecular flexibility index (Phi) is 1.41. The highest BCUT2D eigenvalue weighted by Crippen LogP contribution is 2.42. The fourth-order valence-corrected chi connectivity index (χ4v) is 1.20. The van der Waals surface area contributed by atoms with E-state index in [1.165, 1.54) is 18.6 Å². The number of hydrogen-bond donors (Lipinski definition) is 0. The molecule has 0 heterocycles. The van der Waals surface area contributed by atoms with Crippen molar-refractivity contribution in [3.8, 4) is 0 Å². The van der Waals surface area contributed by atoms with E-state index < -0.39 is 0 Å². The molecule has 0 aliphatic heterocycles. The van der Waals surface area contributed by atoms with Crippen molar-refractivity contribution in [2.45, 2.75) is 19.8 Å². The third-order valence-corrected chi connectivity index (χ3v) is 1.91. The van der Waals surface area contributed by atoms with E-state index in [1.54, 1.807) is 5.25 Å². The molecule has 0 N–H and O–H groups in total. The van der Waals surface area contributed by atoms with Crippen LogP contribution in [0, 0.1) is 5.25 Å². The molecule has 0 spiro atoms. The van der Waals surface area contributed by atoms with Gasteiger partial charge >= 0.3 is 0 Å². The van der Waals surface area contributed by atoms with Crippen LogP contribution in [-0.2, 0) is 0 Å². The average Bonchev–Trinajstić information content (AvgIpc) is 2.21. The maximum Gasteiger partial charge on any atom is 0.0307 e. The summed E-state index contributed by atoms with van der Waals surface area (Å²) in [4.78, 5) is 0. The smallest absolute Gasteiger partial charge is 0.0307 e. The minimum atomic E-state index is 1.27. The highest BCUT2D eigenvalue weighted by Gasteiger charge is 2.20. The average molecular weight is 101 g/mol. The van der Waals surface area contributed by atoms with Crippen LogP contribution in [0.1, 0.15) is 19.8 Å². The Labute approximate surface area is 43.3 Å². The number of hydrogen-bond acceptors (Lipinski definition) is 1. The van der Waals surface area contributed by atoms with Crippen molar-refractivity contribution in [2.24, 2.45) is 0 Å². The predicted molar refractivity (Wildman–Crippen MR) is 30.6 cm³/mol. The Bertz CT molecular complexity index is 39.2. The maximum atomic E-state index is 2.20. The molecule has 35 valence electrons. The molecule has 1 fully saturated rings. The Morgan fingerprint density at radius 1 is 1.67 bits per heavy atom. The van der Waals surface area contributed by atoms with Gasteiger partial charge in [0.1, 0.15) is 0 Å². The normalized spacial score (nSPS) is 21.5. The fraction of sp³-hybridized carbons (Fsp3) is 0.800. The molecular formula is C5H9S. The van der Waals surface area contributed by atoms with Gasteiger partial charge in [-0.05, 0) is 18.6 Å². The predicted octanol–water partition coefficient (Wildman–Crippen LogP) is 2.07. The molecule has 1 heteroatoms. The molecule has 0 aromatic rings. The minimum absolute atomic E-state index is 1.27. The lowest BCUT2D eigenvalue weighted by molar-refractivity contribution is 1.50. The van der Waals surface area contributed by atoms with E-state index >= 15 is 0 Å². The van der Waals surface area contributed by atoms with E-state index in [-0.39, 0.29) is 0 Å². The van der Waals surface area contributed by atoms with Gasteiger partial charge in [-0.1, -0.05) is 6.92 Å². The summed E-state index contributed by atoms with van der Waals surface area (Å²) >= 11 is 2.01. The zero-order valence-electron chi connectivity index (χ0n) is 4.03. The Morgan fingerprint density at radius 3 is 2.50 bits per heavy atom. The molecule has 0 bridgehead atoms. The summed E-state index contributed by atoms with van der Waals surface area (Å²) in [6.07, 6.45) is 2.80. The van der Waals surface area contributed by atoms with Gasteiger partial charge in [-0.25, -0.2) is 0 Å². The molecule has 1 aliphatic carbocycles. The maximum absolute atomic E-state index is 2.20. The quantitative estimate of drug-likeness (QED) is 0.513. The largest absolute Gasteiger partial charge is 0.154 e. The first kappa shape index (κ1) is 4.51. The van der Waals surface area contributed by atoms with Gasteiger partial charge < -0.3 is 0 Å². The summed E-state index contributed by atoms with van der Waals surface area (Å²) in [6.45, 7) is 2.20. The molecule has 0 nitrogen and oxygen atoms in total. The van der Waals surface area contributed by atoms with Gasteiger partial charge in [-0.2, -0.15) is 11.8 Å². The van der Waals surface area contributed by atoms with Crippen molar-refractivity contribution in [3.05, 3.63) is 5.25 Å². The molecule has 0 aromatic heterocycles. The van der Waals surface area contributed by atoms with Gasteiger partial charge in [-0.3, -0.25) is 0 Å². The molecule has 0 unspecified atom stereocenters. The molecule has 1 aliphatic rings. The fourth-order valence-electron chi connectivity index (χ4n) is 0.399. The Balaban J connectivity index is 1.88. The zero-order chi connectivity index (χ0) is 4.41. The third kappa shape index (κ3) is 1.21. The van der Waals surface area contributed by atoms with Gasteiger partial charge in [0.05, 0.1) is 0 Å². The summed E-state index contributed by atoms with van der Waals surface area (Å²) in [5.41, 5.74) is 0. The summed E-state index contributed by atoms with van der Waals surface area (Å²) < 4.78 is 0. The third-order valence-electron chi connectivity index (χ3n) is 0.803. The van der Waals surface area contributed by atoms with E-state index in [0.717, 1.165) is 0 Å². The van der Waals surface area contributed by atoms with Crippen molar-refractivity contribution in [1.82, 2.24) is 0 Å². The van der Waals surface area contributed by atoms with Crippen molar-refractivity contribution in [2.75, 3.05) is 5.75 Å². The second-order valence-corrected chi connectivity index (χ2v) is 2.92. The summed E-state index contributed by atoms with van der Waals surface area (Å²) in [5.74, 6) is 1.27. The number of rotatable bonds is 2. The molecule has 0 atom stereocenters. The second-order valence-electron chi connectivity index (χ2n) is 1.47. The van der Waals surface area contributed by atoms with E-state index in [2.05, 4.69) is 6.92 Å². The first-order chi connectivity index (χ1) is 2.93. The molecule has 1 saturated carbocycles. The molecule has 1 rings (SSSR count). The van der Waals surface area contributed by atoms with Gasteiger partial charge in [0, 0.05) is 5.25 Å². The SMILES string of the molecule is CCS[C]1CC1. The summed E-state index contributed by atoms with van der Waals surface area (Å²) in [6, 6.07) is 0. The standard InChI is InChI=1S/C5H9S/c1-2-6-5-3-4-5/h2-4H2,1H3. The van der Waals surface area contributed by atoms with E-state index in [0.29, 0.717) is 0 Å². The zero-order valence-corrected chi connectivity index (χ0v) is 4.85. The lowest BCUT2D eigenvalue weighted by Crippen LogP contribution is -1.60. The Morgan fingerprint density at radius 2 is 2.33 bits per heavy atom. The van der Waals surface area contributed by atoms with Crippen LogP contribution in [-0.4, -0.2) is 5.75 Å². The van der Waals surface area contributed by atoms with Crippen LogP contribution in [0.25, 0.3) is 0 Å². The van der Waals surface area contributed by atoms with Gasteiger partial charge in [0.25, 0.3) is 0 Å². The lowest BCUT2D eigenvalue weighted by Gasteiger charge is -1.83. The lowest BCUT2D eigenvalue weighted by atomic mass is 11.0. The van der Waals surface area contributed by atoms with Crippen LogP contribution in [0.5, 0.6) is 0 Å². The monoisotopic (exact) mass is 101 g/mol. The van der Waals surface area contributed by atoms with Crippen LogP contribution in [0.3, 0.4) is 0 Å². The van der Waals surface area contributed by atoms with Gasteiger partial charge in [0.15, 0.2) is 0 Å². The van der Waals surface area contributed by atoms with E-state index in [1.807, 2.05) is 11.8 Å². The van der Waals surface area contributed by atoms with Crippen LogP contribution in [0.2, 0.25) is 0 Å². The molecule has 0 amide bonds. The van der Waals surface area contributed by atoms with Crippen molar-refractivity contribution >= 4 is 11.8 Å². The molecule has 6 heavy (non-hydrogen) atoms. The first-order valence-electron chi connectivity index (χ1n) is 2.41. The van der Waals surface area contributed by atoms with Crippen LogP contribution in [0.4, 0.5) is 0 Å². The van der Waals surface area contributed by atoms with Crippen LogP contribution < -0.4 is 0 Å². The topological polar surface area (TPSA) is 0 Å². The Hall–Kier alpha value is 0.350. The van der Waals surface area contributed by atoms with Gasteiger partial charge in [0.2, 0.25) is 0 Å². The highest BCUT2D eigenvalue weighted by atomic mass is 32.2. The molecular weight excluding hydrogens is 92.1 g/mol. The number of thioether (sulfide) groups is 1. The van der Waals surface area contributed by atoms with Gasteiger partial charge in [-0.15, -0.1) is 0 Å². The summed E-state index contributed by atoms with van der Waals surface area (Å²) in [7, 11) is 0. The minimum Gasteiger partial charge on any atom is -0.154 e. The van der Waals surface area contributed by atoms with E-state index in [9.17, 15) is 0 Å². The van der Waals surface area contributed by atoms with Crippen molar-refractivity contribution in [1.29, 1.82) is 0 Å². The second kappa shape index (κ2) is 1.87. The molecule has 0 saturated heterocycles. The summed E-state index contributed by atoms with van der Waals surface area (Å²) in [5, 5.41) is 1.71. The highest BCUT2D eigenvalue weighted by molar-refractivity contribution is 8.02. The molecule has 1 radical (unpaired) electrons. The van der Waals surface area contributed by atoms with E-state index in [4.69, 9.17) is 0 Å². The van der Waals surface area contributed by atoms with Crippen molar-refractivity contribution in [3.63, 3.8) is 0 Å².